The number of hydrogen-bond acceptors (Lipinski definition) is 7. The molecule has 2 aliphatic heterocycles. The third kappa shape index (κ3) is 4.43. The molecule has 1 saturated heterocycles. The van der Waals surface area contributed by atoms with Gasteiger partial charge >= 0.3 is 0 Å². The van der Waals surface area contributed by atoms with Gasteiger partial charge in [0.15, 0.2) is 21.3 Å². The second kappa shape index (κ2) is 8.45. The number of nitrogens with zero attached hydrogens (tertiary/aromatic N) is 3. The largest absolute Gasteiger partial charge is 0.454 e. The highest BCUT2D eigenvalue weighted by molar-refractivity contribution is 7.91. The van der Waals surface area contributed by atoms with Crippen molar-refractivity contribution < 1.29 is 27.5 Å². The van der Waals surface area contributed by atoms with E-state index in [0.717, 1.165) is 17.0 Å². The smallest absolute Gasteiger partial charge is 0.251 e. The van der Waals surface area contributed by atoms with Crippen molar-refractivity contribution in [3.8, 4) is 11.5 Å². The van der Waals surface area contributed by atoms with E-state index in [2.05, 4.69) is 10.4 Å². The molecule has 10 nitrogen and oxygen atoms in total. The summed E-state index contributed by atoms with van der Waals surface area (Å²) in [4.78, 5) is 26.5. The van der Waals surface area contributed by atoms with Gasteiger partial charge in [-0.1, -0.05) is 0 Å². The minimum Gasteiger partial charge on any atom is -0.454 e. The van der Waals surface area contributed by atoms with E-state index >= 15 is 0 Å². The Morgan fingerprint density at radius 3 is 2.72 bits per heavy atom. The lowest BCUT2D eigenvalue weighted by atomic mass is 10.1. The third-order valence-electron chi connectivity index (χ3n) is 5.89. The first-order chi connectivity index (χ1) is 15.1. The third-order valence-corrected chi connectivity index (χ3v) is 7.64. The first kappa shape index (κ1) is 22.1. The zero-order chi connectivity index (χ0) is 23.0. The van der Waals surface area contributed by atoms with Crippen molar-refractivity contribution in [3.63, 3.8) is 0 Å². The van der Waals surface area contributed by atoms with Gasteiger partial charge in [-0.3, -0.25) is 14.3 Å². The number of sulfone groups is 1. The van der Waals surface area contributed by atoms with Gasteiger partial charge < -0.3 is 19.7 Å². The van der Waals surface area contributed by atoms with Crippen LogP contribution in [0.3, 0.4) is 0 Å². The predicted molar refractivity (Wildman–Crippen MR) is 115 cm³/mol. The lowest BCUT2D eigenvalue weighted by Gasteiger charge is -2.18. The van der Waals surface area contributed by atoms with Crippen molar-refractivity contribution in [3.05, 3.63) is 40.7 Å². The van der Waals surface area contributed by atoms with Crippen LogP contribution in [-0.2, 0) is 21.2 Å². The summed E-state index contributed by atoms with van der Waals surface area (Å²) in [6.45, 7) is 4.02. The van der Waals surface area contributed by atoms with Crippen LogP contribution >= 0.6 is 0 Å². The zero-order valence-corrected chi connectivity index (χ0v) is 19.1. The fourth-order valence-corrected chi connectivity index (χ4v) is 5.70. The van der Waals surface area contributed by atoms with Crippen molar-refractivity contribution in [1.29, 1.82) is 0 Å². The number of benzene rings is 1. The standard InChI is InChI=1S/C21H26N4O6S/c1-13-17(14(2)25(23-13)16-6-7-32(28,29)11-16)10-24(3)20(26)9-22-21(27)15-4-5-18-19(8-15)31-12-30-18/h4-5,8,16H,6-7,9-12H2,1-3H3,(H,22,27)/t16-/m0/s1. The highest BCUT2D eigenvalue weighted by Gasteiger charge is 2.31. The molecule has 2 aliphatic rings. The molecule has 1 aromatic heterocycles. The van der Waals surface area contributed by atoms with Crippen molar-refractivity contribution >= 4 is 21.7 Å². The van der Waals surface area contributed by atoms with Crippen LogP contribution in [0.1, 0.15) is 39.8 Å². The number of aryl methyl sites for hydroxylation is 1. The summed E-state index contributed by atoms with van der Waals surface area (Å²) in [6.07, 6.45) is 0.546. The molecule has 32 heavy (non-hydrogen) atoms. The van der Waals surface area contributed by atoms with Gasteiger partial charge in [0.05, 0.1) is 29.8 Å². The molecule has 4 rings (SSSR count). The van der Waals surface area contributed by atoms with Crippen molar-refractivity contribution in [2.45, 2.75) is 32.9 Å². The van der Waals surface area contributed by atoms with Crippen LogP contribution in [0.15, 0.2) is 18.2 Å². The molecule has 1 fully saturated rings. The van der Waals surface area contributed by atoms with Crippen LogP contribution in [-0.4, -0.2) is 66.8 Å². The van der Waals surface area contributed by atoms with E-state index in [4.69, 9.17) is 9.47 Å². The fourth-order valence-electron chi connectivity index (χ4n) is 4.01. The van der Waals surface area contributed by atoms with E-state index in [0.29, 0.717) is 30.0 Å². The lowest BCUT2D eigenvalue weighted by Crippen LogP contribution is -2.38. The van der Waals surface area contributed by atoms with E-state index in [1.807, 2.05) is 13.8 Å². The molecule has 1 N–H and O–H groups in total. The van der Waals surface area contributed by atoms with Crippen LogP contribution < -0.4 is 14.8 Å². The summed E-state index contributed by atoms with van der Waals surface area (Å²) in [7, 11) is -1.36. The Labute approximate surface area is 186 Å². The van der Waals surface area contributed by atoms with Gasteiger partial charge in [-0.2, -0.15) is 5.10 Å². The summed E-state index contributed by atoms with van der Waals surface area (Å²) in [6, 6.07) is 4.68. The van der Waals surface area contributed by atoms with Crippen LogP contribution in [0.4, 0.5) is 0 Å². The maximum absolute atomic E-state index is 12.6. The molecular formula is C21H26N4O6S. The number of fused-ring (bicyclic) bond motifs is 1. The van der Waals surface area contributed by atoms with Gasteiger partial charge in [0.2, 0.25) is 12.7 Å². The monoisotopic (exact) mass is 462 g/mol. The molecule has 2 aromatic rings. The average Bonchev–Trinajstić information content (AvgIpc) is 3.44. The maximum atomic E-state index is 12.6. The summed E-state index contributed by atoms with van der Waals surface area (Å²) in [5.41, 5.74) is 2.88. The second-order valence-corrected chi connectivity index (χ2v) is 10.4. The van der Waals surface area contributed by atoms with E-state index in [1.54, 1.807) is 29.9 Å². The van der Waals surface area contributed by atoms with Crippen molar-refractivity contribution in [1.82, 2.24) is 20.0 Å². The molecule has 172 valence electrons. The summed E-state index contributed by atoms with van der Waals surface area (Å²) < 4.78 is 35.9. The molecule has 3 heterocycles. The van der Waals surface area contributed by atoms with Gasteiger partial charge in [0.25, 0.3) is 5.91 Å². The minimum atomic E-state index is -3.02. The van der Waals surface area contributed by atoms with Gasteiger partial charge in [0, 0.05) is 30.4 Å². The number of carbonyl (C=O) groups excluding carboxylic acids is 2. The highest BCUT2D eigenvalue weighted by atomic mass is 32.2. The number of aromatic nitrogens is 2. The normalized spacial score (nSPS) is 18.5. The number of amides is 2. The van der Waals surface area contributed by atoms with E-state index in [9.17, 15) is 18.0 Å². The first-order valence-electron chi connectivity index (χ1n) is 10.3. The van der Waals surface area contributed by atoms with E-state index < -0.39 is 9.84 Å². The van der Waals surface area contributed by atoms with Gasteiger partial charge in [0.1, 0.15) is 0 Å². The van der Waals surface area contributed by atoms with Crippen LogP contribution in [0.25, 0.3) is 0 Å². The molecule has 1 aromatic carbocycles. The molecule has 0 saturated carbocycles. The van der Waals surface area contributed by atoms with Crippen LogP contribution in [0, 0.1) is 13.8 Å². The summed E-state index contributed by atoms with van der Waals surface area (Å²) >= 11 is 0. The SMILES string of the molecule is Cc1nn([C@H]2CCS(=O)(=O)C2)c(C)c1CN(C)C(=O)CNC(=O)c1ccc2c(c1)OCO2. The van der Waals surface area contributed by atoms with Gasteiger partial charge in [-0.05, 0) is 38.5 Å². The molecule has 0 bridgehead atoms. The second-order valence-electron chi connectivity index (χ2n) is 8.15. The quantitative estimate of drug-likeness (QED) is 0.679. The molecule has 2 amide bonds. The summed E-state index contributed by atoms with van der Waals surface area (Å²) in [5.74, 6) is 0.710. The predicted octanol–water partition coefficient (Wildman–Crippen LogP) is 0.977. The number of nitrogens with one attached hydrogen (secondary N) is 1. The van der Waals surface area contributed by atoms with E-state index in [1.165, 1.54) is 4.90 Å². The molecule has 0 radical (unpaired) electrons. The lowest BCUT2D eigenvalue weighted by molar-refractivity contribution is -0.129. The topological polar surface area (TPSA) is 120 Å². The Kier molecular flexibility index (Phi) is 5.85. The molecule has 1 atom stereocenters. The van der Waals surface area contributed by atoms with Crippen molar-refractivity contribution in [2.75, 3.05) is 31.9 Å². The van der Waals surface area contributed by atoms with E-state index in [-0.39, 0.29) is 42.7 Å². The number of ether oxygens (including phenoxy) is 2. The zero-order valence-electron chi connectivity index (χ0n) is 18.3. The Balaban J connectivity index is 1.36. The number of rotatable bonds is 6. The number of hydrogen-bond donors (Lipinski definition) is 1. The van der Waals surface area contributed by atoms with Crippen molar-refractivity contribution in [2.24, 2.45) is 0 Å². The van der Waals surface area contributed by atoms with Crippen LogP contribution in [0.2, 0.25) is 0 Å². The summed E-state index contributed by atoms with van der Waals surface area (Å²) in [5, 5.41) is 7.17. The van der Waals surface area contributed by atoms with Gasteiger partial charge in [-0.15, -0.1) is 0 Å². The average molecular weight is 463 g/mol. The minimum absolute atomic E-state index is 0.0923. The van der Waals surface area contributed by atoms with Gasteiger partial charge in [-0.25, -0.2) is 8.42 Å². The Morgan fingerprint density at radius 2 is 2.00 bits per heavy atom. The maximum Gasteiger partial charge on any atom is 0.251 e. The highest BCUT2D eigenvalue weighted by Crippen LogP contribution is 2.32. The molecule has 0 spiro atoms. The Morgan fingerprint density at radius 1 is 1.25 bits per heavy atom. The first-order valence-corrected chi connectivity index (χ1v) is 12.1. The molecular weight excluding hydrogens is 436 g/mol. The number of carbonyl (C=O) groups is 2. The Hall–Kier alpha value is -3.08. The fraction of sp³-hybridized carbons (Fsp3) is 0.476. The molecule has 0 aliphatic carbocycles. The molecule has 11 heteroatoms. The number of likely N-dealkylation sites (N-methyl/N-ethyl adjacent to an activating group) is 1. The Bertz CT molecular complexity index is 1170. The van der Waals surface area contributed by atoms with Crippen LogP contribution in [0.5, 0.6) is 11.5 Å². The molecule has 0 unspecified atom stereocenters.